The van der Waals surface area contributed by atoms with Crippen LogP contribution in [-0.4, -0.2) is 6.41 Å². The topological polar surface area (TPSA) is 0 Å². The number of aryl methyl sites for hydroxylation is 2. The van der Waals surface area contributed by atoms with Gasteiger partial charge < -0.3 is 24.8 Å². The number of benzene rings is 2. The molecule has 0 heterocycles. The van der Waals surface area contributed by atoms with Crippen LogP contribution in [0.5, 0.6) is 0 Å². The third-order valence-electron chi connectivity index (χ3n) is 5.53. The monoisotopic (exact) mass is 750 g/mol. The molecule has 0 radical (unpaired) electrons. The van der Waals surface area contributed by atoms with Gasteiger partial charge in [-0.05, 0) is 0 Å². The van der Waals surface area contributed by atoms with Crippen molar-refractivity contribution in [3.8, 4) is 0 Å². The van der Waals surface area contributed by atoms with Crippen LogP contribution in [0.25, 0.3) is 21.5 Å². The Bertz CT molecular complexity index is 1340. The van der Waals surface area contributed by atoms with E-state index in [1.807, 2.05) is 12.2 Å². The van der Waals surface area contributed by atoms with Crippen LogP contribution in [0.1, 0.15) is 65.5 Å². The summed E-state index contributed by atoms with van der Waals surface area (Å²) >= 11 is 3.11. The Kier molecular flexibility index (Phi) is 25.6. The largest absolute Gasteiger partial charge is 1.00 e. The Morgan fingerprint density at radius 2 is 0.905 bits per heavy atom. The maximum Gasteiger partial charge on any atom is -0.0809 e. The van der Waals surface area contributed by atoms with Gasteiger partial charge in [0.1, 0.15) is 0 Å². The summed E-state index contributed by atoms with van der Waals surface area (Å²) in [5.74, 6) is 0. The van der Waals surface area contributed by atoms with Crippen LogP contribution < -0.4 is 24.8 Å². The Hall–Kier alpha value is -1.29. The van der Waals surface area contributed by atoms with E-state index in [-0.39, 0.29) is 24.8 Å². The van der Waals surface area contributed by atoms with E-state index < -0.39 is 0 Å². The van der Waals surface area contributed by atoms with Gasteiger partial charge in [-0.1, -0.05) is 39.8 Å². The molecule has 2 aliphatic rings. The Labute approximate surface area is 298 Å². The molecule has 4 aromatic carbocycles. The van der Waals surface area contributed by atoms with Crippen LogP contribution in [0.3, 0.4) is 0 Å². The second kappa shape index (κ2) is 25.1. The van der Waals surface area contributed by atoms with Crippen molar-refractivity contribution in [1.82, 2.24) is 0 Å². The fourth-order valence-electron chi connectivity index (χ4n) is 3.57. The molecule has 4 aromatic rings. The van der Waals surface area contributed by atoms with E-state index in [2.05, 4.69) is 152 Å². The van der Waals surface area contributed by atoms with Crippen molar-refractivity contribution in [2.45, 2.75) is 68.2 Å². The minimum absolute atomic E-state index is 0. The third-order valence-corrected chi connectivity index (χ3v) is 5.53. The summed E-state index contributed by atoms with van der Waals surface area (Å²) in [5.41, 5.74) is 5.57. The minimum Gasteiger partial charge on any atom is -1.00 e. The second-order valence-electron chi connectivity index (χ2n) is 10.3. The predicted molar refractivity (Wildman–Crippen MR) is 174 cm³/mol. The molecular weight excluding hydrogens is 710 g/mol. The summed E-state index contributed by atoms with van der Waals surface area (Å²) < 4.78 is 3.01. The van der Waals surface area contributed by atoms with Crippen LogP contribution >= 0.6 is 0 Å². The number of allylic oxidation sites excluding steroid dienone is 8. The fraction of sp³-hybridized carbons (Fsp3) is 0.263. The van der Waals surface area contributed by atoms with E-state index in [9.17, 15) is 0 Å². The number of halogens is 2. The van der Waals surface area contributed by atoms with Crippen LogP contribution in [0.15, 0.2) is 108 Å². The maximum atomic E-state index is 3.05. The van der Waals surface area contributed by atoms with E-state index in [0.29, 0.717) is 0 Å². The molecule has 0 amide bonds. The molecule has 6 rings (SSSR count). The first kappa shape index (κ1) is 42.8. The fourth-order valence-corrected chi connectivity index (χ4v) is 3.57. The molecule has 0 nitrogen and oxygen atoms in total. The van der Waals surface area contributed by atoms with Gasteiger partial charge in [0.25, 0.3) is 0 Å². The van der Waals surface area contributed by atoms with Gasteiger partial charge in [0.05, 0.1) is 0 Å². The first-order chi connectivity index (χ1) is 19.0. The summed E-state index contributed by atoms with van der Waals surface area (Å²) in [6.45, 7) is 17.0. The van der Waals surface area contributed by atoms with Crippen LogP contribution in [-0.2, 0) is 48.5 Å². The van der Waals surface area contributed by atoms with Gasteiger partial charge >= 0.3 is 82.6 Å². The molecule has 0 fully saturated rings. The molecule has 0 atom stereocenters. The van der Waals surface area contributed by atoms with Gasteiger partial charge in [-0.2, -0.15) is 34.4 Å². The van der Waals surface area contributed by atoms with Gasteiger partial charge in [-0.15, -0.1) is 82.9 Å². The van der Waals surface area contributed by atoms with E-state index >= 15 is 0 Å². The van der Waals surface area contributed by atoms with E-state index in [1.165, 1.54) is 50.2 Å². The average Bonchev–Trinajstić information content (AvgIpc) is 3.71. The molecule has 220 valence electrons. The van der Waals surface area contributed by atoms with Crippen molar-refractivity contribution in [2.24, 2.45) is 0 Å². The Morgan fingerprint density at radius 3 is 1.12 bits per heavy atom. The maximum absolute atomic E-state index is 3.05. The molecule has 0 saturated heterocycles. The van der Waals surface area contributed by atoms with Crippen LogP contribution in [0.4, 0.5) is 0 Å². The molecule has 2 aliphatic carbocycles. The standard InChI is InChI=1S/2C10H9.2C6H7.2C3H6.2ClH.2Zr/c2*1-8-6-7-9-4-2-3-5-10(8)9;2*1-6-4-2-3-5-6;2*1-3-2;;;;/h2*2-7H,1H3;2*2,4H,5H2,1H3;2*1-2H3;2*1H;;/q4*-1;;;;;2*+2/p-2. The second-order valence-corrected chi connectivity index (χ2v) is 15.2. The van der Waals surface area contributed by atoms with Crippen molar-refractivity contribution in [2.75, 3.05) is 0 Å². The van der Waals surface area contributed by atoms with E-state index in [1.54, 1.807) is 48.5 Å². The van der Waals surface area contributed by atoms with Crippen LogP contribution in [0, 0.1) is 26.0 Å². The zero-order chi connectivity index (χ0) is 29.9. The molecule has 0 aliphatic heterocycles. The first-order valence-corrected chi connectivity index (χ1v) is 16.2. The summed E-state index contributed by atoms with van der Waals surface area (Å²) in [6.07, 6.45) is 16.3. The van der Waals surface area contributed by atoms with Crippen LogP contribution in [0.2, 0.25) is 0 Å². The molecular formula is C38H44Cl2Zr2-2. The summed E-state index contributed by atoms with van der Waals surface area (Å²) in [4.78, 5) is 0. The summed E-state index contributed by atoms with van der Waals surface area (Å²) in [7, 11) is 0. The van der Waals surface area contributed by atoms with Crippen molar-refractivity contribution in [3.05, 3.63) is 132 Å². The van der Waals surface area contributed by atoms with Gasteiger partial charge in [-0.3, -0.25) is 12.2 Å². The normalized spacial score (nSPS) is 11.6. The minimum atomic E-state index is 0. The van der Waals surface area contributed by atoms with Crippen molar-refractivity contribution in [3.63, 3.8) is 0 Å². The van der Waals surface area contributed by atoms with Crippen molar-refractivity contribution in [1.29, 1.82) is 0 Å². The molecule has 0 N–H and O–H groups in total. The Morgan fingerprint density at radius 1 is 0.595 bits per heavy atom. The number of fused-ring (bicyclic) bond motifs is 2. The molecule has 0 bridgehead atoms. The number of hydrogen-bond donors (Lipinski definition) is 0. The molecule has 0 spiro atoms. The van der Waals surface area contributed by atoms with E-state index in [0.717, 1.165) is 12.8 Å². The molecule has 0 aromatic heterocycles. The van der Waals surface area contributed by atoms with Gasteiger partial charge in [0.2, 0.25) is 0 Å². The predicted octanol–water partition coefficient (Wildman–Crippen LogP) is 4.62. The summed E-state index contributed by atoms with van der Waals surface area (Å²) in [5, 5.41) is 5.45. The number of rotatable bonds is 0. The number of hydrogen-bond acceptors (Lipinski definition) is 0. The molecule has 4 heteroatoms. The van der Waals surface area contributed by atoms with E-state index in [4.69, 9.17) is 0 Å². The van der Waals surface area contributed by atoms with Crippen molar-refractivity contribution >= 4 is 28.0 Å². The smallest absolute Gasteiger partial charge is 0.0809 e. The van der Waals surface area contributed by atoms with Gasteiger partial charge in [-0.25, -0.2) is 24.3 Å². The molecule has 0 saturated carbocycles. The molecule has 0 unspecified atom stereocenters. The van der Waals surface area contributed by atoms with Crippen molar-refractivity contribution < 1.29 is 73.3 Å². The summed E-state index contributed by atoms with van der Waals surface area (Å²) in [6, 6.07) is 25.5. The Balaban J connectivity index is 0. The zero-order valence-corrected chi connectivity index (χ0v) is 32.8. The third kappa shape index (κ3) is 19.8. The first-order valence-electron chi connectivity index (χ1n) is 13.7. The molecule has 42 heavy (non-hydrogen) atoms. The van der Waals surface area contributed by atoms with Gasteiger partial charge in [0.15, 0.2) is 0 Å². The zero-order valence-electron chi connectivity index (χ0n) is 26.4. The average molecular weight is 754 g/mol. The van der Waals surface area contributed by atoms with Gasteiger partial charge in [0, 0.05) is 0 Å². The SMILES string of the molecule is CC1=CC=[C-]C1.CC1=CC=[C-]C1.C[C](C)=[Zr+2].C[C](C)=[Zr+2].Cc1c[cH-]c2ccccc12.Cc1c[cH-]c2ccccc12.[Cl-].[Cl-]. The quantitative estimate of drug-likeness (QED) is 0.230.